The van der Waals surface area contributed by atoms with Crippen molar-refractivity contribution in [2.75, 3.05) is 6.26 Å². The van der Waals surface area contributed by atoms with Gasteiger partial charge in [0.25, 0.3) is 5.91 Å². The highest BCUT2D eigenvalue weighted by Gasteiger charge is 2.27. The number of fused-ring (bicyclic) bond motifs is 1. The highest BCUT2D eigenvalue weighted by molar-refractivity contribution is 7.98. The molecule has 1 saturated carbocycles. The molecule has 1 aliphatic carbocycles. The Kier molecular flexibility index (Phi) is 4.91. The quantitative estimate of drug-likeness (QED) is 0.652. The lowest BCUT2D eigenvalue weighted by molar-refractivity contribution is 0.0891. The first-order valence-corrected chi connectivity index (χ1v) is 10.1. The lowest BCUT2D eigenvalue weighted by Crippen LogP contribution is -2.37. The fraction of sp³-hybridized carbons (Fsp3) is 0.389. The minimum Gasteiger partial charge on any atom is -0.445 e. The smallest absolute Gasteiger partial charge is 0.287 e. The van der Waals surface area contributed by atoms with Crippen molar-refractivity contribution in [2.24, 2.45) is 0 Å². The molecule has 3 aromatic heterocycles. The summed E-state index contributed by atoms with van der Waals surface area (Å²) in [6.07, 6.45) is 7.03. The Labute approximate surface area is 159 Å². The van der Waals surface area contributed by atoms with Crippen molar-refractivity contribution in [1.29, 1.82) is 0 Å². The summed E-state index contributed by atoms with van der Waals surface area (Å²) in [5.41, 5.74) is 1.20. The lowest BCUT2D eigenvalue weighted by atomic mass is 9.86. The van der Waals surface area contributed by atoms with E-state index in [1.807, 2.05) is 12.3 Å². The molecule has 6 nitrogen and oxygen atoms in total. The minimum atomic E-state index is -0.158. The maximum absolute atomic E-state index is 12.3. The highest BCUT2D eigenvalue weighted by atomic mass is 35.5. The molecule has 1 N–H and O–H groups in total. The molecule has 136 valence electrons. The van der Waals surface area contributed by atoms with Crippen LogP contribution in [0.1, 0.15) is 48.0 Å². The van der Waals surface area contributed by atoms with E-state index in [4.69, 9.17) is 20.4 Å². The van der Waals surface area contributed by atoms with Crippen LogP contribution in [0.5, 0.6) is 0 Å². The lowest BCUT2D eigenvalue weighted by Gasteiger charge is -2.27. The van der Waals surface area contributed by atoms with Gasteiger partial charge >= 0.3 is 0 Å². The van der Waals surface area contributed by atoms with Gasteiger partial charge in [0.05, 0.1) is 5.02 Å². The van der Waals surface area contributed by atoms with Gasteiger partial charge in [-0.25, -0.2) is 9.97 Å². The molecular weight excluding hydrogens is 374 g/mol. The summed E-state index contributed by atoms with van der Waals surface area (Å²) in [6, 6.07) is 5.42. The maximum atomic E-state index is 12.3. The highest BCUT2D eigenvalue weighted by Crippen LogP contribution is 2.34. The summed E-state index contributed by atoms with van der Waals surface area (Å²) >= 11 is 7.43. The van der Waals surface area contributed by atoms with Crippen LogP contribution in [0.2, 0.25) is 5.02 Å². The van der Waals surface area contributed by atoms with Gasteiger partial charge in [-0.3, -0.25) is 4.79 Å². The molecule has 1 fully saturated rings. The van der Waals surface area contributed by atoms with Crippen molar-refractivity contribution in [2.45, 2.75) is 42.7 Å². The van der Waals surface area contributed by atoms with E-state index in [2.05, 4.69) is 15.3 Å². The largest absolute Gasteiger partial charge is 0.445 e. The molecule has 1 aliphatic rings. The van der Waals surface area contributed by atoms with Crippen molar-refractivity contribution >= 4 is 40.5 Å². The number of carbonyl (C=O) groups excluding carboxylic acids is 1. The van der Waals surface area contributed by atoms with E-state index in [1.165, 1.54) is 11.8 Å². The van der Waals surface area contributed by atoms with Crippen molar-refractivity contribution < 1.29 is 13.6 Å². The second kappa shape index (κ2) is 7.32. The first-order valence-electron chi connectivity index (χ1n) is 8.49. The van der Waals surface area contributed by atoms with Gasteiger partial charge in [-0.1, -0.05) is 23.4 Å². The molecule has 8 heteroatoms. The molecular formula is C18H18ClN3O3S. The van der Waals surface area contributed by atoms with E-state index in [0.29, 0.717) is 27.9 Å². The van der Waals surface area contributed by atoms with Gasteiger partial charge in [0, 0.05) is 18.2 Å². The van der Waals surface area contributed by atoms with E-state index in [1.54, 1.807) is 18.3 Å². The van der Waals surface area contributed by atoms with E-state index in [0.717, 1.165) is 30.8 Å². The average molecular weight is 392 g/mol. The standard InChI is InChI=1S/C18H18ClN3O3S/c1-26-15-7-6-14(24-15)16(23)21-12-4-2-10(3-5-12)17-22-13-8-11(19)9-20-18(13)25-17/h6-10,12H,2-5H2,1H3,(H,21,23). The first kappa shape index (κ1) is 17.4. The Balaban J connectivity index is 1.36. The third kappa shape index (κ3) is 3.59. The SMILES string of the molecule is CSc1ccc(C(=O)NC2CCC(c3nc4cc(Cl)cnc4o3)CC2)o1. The molecule has 0 atom stereocenters. The fourth-order valence-corrected chi connectivity index (χ4v) is 3.81. The monoisotopic (exact) mass is 391 g/mol. The average Bonchev–Trinajstić information content (AvgIpc) is 3.28. The molecule has 1 amide bonds. The normalized spacial score (nSPS) is 20.4. The van der Waals surface area contributed by atoms with E-state index in [-0.39, 0.29) is 17.9 Å². The predicted molar refractivity (Wildman–Crippen MR) is 99.8 cm³/mol. The third-order valence-corrected chi connectivity index (χ3v) is 5.48. The first-order chi connectivity index (χ1) is 12.6. The molecule has 0 saturated heterocycles. The number of carbonyl (C=O) groups is 1. The van der Waals surface area contributed by atoms with Crippen LogP contribution in [0.3, 0.4) is 0 Å². The number of oxazole rings is 1. The summed E-state index contributed by atoms with van der Waals surface area (Å²) in [7, 11) is 0. The second-order valence-corrected chi connectivity index (χ2v) is 7.62. The predicted octanol–water partition coefficient (Wildman–Crippen LogP) is 4.65. The summed E-state index contributed by atoms with van der Waals surface area (Å²) in [4.78, 5) is 21.0. The van der Waals surface area contributed by atoms with E-state index in [9.17, 15) is 4.79 Å². The number of amides is 1. The molecule has 3 heterocycles. The minimum absolute atomic E-state index is 0.138. The van der Waals surface area contributed by atoms with E-state index >= 15 is 0 Å². The van der Waals surface area contributed by atoms with Crippen molar-refractivity contribution in [3.63, 3.8) is 0 Å². The number of nitrogens with zero attached hydrogens (tertiary/aromatic N) is 2. The van der Waals surface area contributed by atoms with Crippen LogP contribution in [0.4, 0.5) is 0 Å². The molecule has 4 rings (SSSR count). The Bertz CT molecular complexity index is 931. The molecule has 26 heavy (non-hydrogen) atoms. The maximum Gasteiger partial charge on any atom is 0.287 e. The third-order valence-electron chi connectivity index (χ3n) is 4.65. The van der Waals surface area contributed by atoms with Crippen molar-refractivity contribution in [3.05, 3.63) is 41.1 Å². The van der Waals surface area contributed by atoms with Crippen LogP contribution in [0.15, 0.2) is 38.3 Å². The van der Waals surface area contributed by atoms with Gasteiger partial charge < -0.3 is 14.2 Å². The van der Waals surface area contributed by atoms with Gasteiger partial charge in [0.15, 0.2) is 10.9 Å². The molecule has 0 spiro atoms. The Hall–Kier alpha value is -1.99. The Morgan fingerprint density at radius 3 is 2.81 bits per heavy atom. The number of hydrogen-bond acceptors (Lipinski definition) is 6. The van der Waals surface area contributed by atoms with Gasteiger partial charge in [0.1, 0.15) is 5.52 Å². The number of aromatic nitrogens is 2. The van der Waals surface area contributed by atoms with Gasteiger partial charge in [-0.15, -0.1) is 0 Å². The van der Waals surface area contributed by atoms with Gasteiger partial charge in [-0.2, -0.15) is 0 Å². The number of hydrogen-bond donors (Lipinski definition) is 1. The zero-order chi connectivity index (χ0) is 18.1. The molecule has 0 aliphatic heterocycles. The number of pyridine rings is 1. The molecule has 0 aromatic carbocycles. The zero-order valence-corrected chi connectivity index (χ0v) is 15.8. The van der Waals surface area contributed by atoms with Gasteiger partial charge in [-0.05, 0) is 50.1 Å². The fourth-order valence-electron chi connectivity index (χ4n) is 3.28. The summed E-state index contributed by atoms with van der Waals surface area (Å²) < 4.78 is 11.3. The van der Waals surface area contributed by atoms with E-state index < -0.39 is 0 Å². The van der Waals surface area contributed by atoms with Crippen molar-refractivity contribution in [3.8, 4) is 0 Å². The topological polar surface area (TPSA) is 81.2 Å². The number of furan rings is 1. The number of nitrogens with one attached hydrogen (secondary N) is 1. The van der Waals surface area contributed by atoms with Crippen LogP contribution >= 0.6 is 23.4 Å². The van der Waals surface area contributed by atoms with Crippen molar-refractivity contribution in [1.82, 2.24) is 15.3 Å². The number of thioether (sulfide) groups is 1. The van der Waals surface area contributed by atoms with Crippen LogP contribution in [0, 0.1) is 0 Å². The molecule has 0 bridgehead atoms. The summed E-state index contributed by atoms with van der Waals surface area (Å²) in [5, 5.41) is 4.34. The molecule has 0 unspecified atom stereocenters. The number of halogens is 1. The Morgan fingerprint density at radius 2 is 2.08 bits per heavy atom. The summed E-state index contributed by atoms with van der Waals surface area (Å²) in [6.45, 7) is 0. The van der Waals surface area contributed by atoms with Crippen LogP contribution < -0.4 is 5.32 Å². The van der Waals surface area contributed by atoms with Crippen LogP contribution in [-0.4, -0.2) is 28.2 Å². The van der Waals surface area contributed by atoms with Crippen LogP contribution in [0.25, 0.3) is 11.2 Å². The van der Waals surface area contributed by atoms with Crippen LogP contribution in [-0.2, 0) is 0 Å². The summed E-state index contributed by atoms with van der Waals surface area (Å²) in [5.74, 6) is 1.14. The number of rotatable bonds is 4. The molecule has 3 aromatic rings. The Morgan fingerprint density at radius 1 is 1.27 bits per heavy atom. The zero-order valence-electron chi connectivity index (χ0n) is 14.2. The molecule has 0 radical (unpaired) electrons. The second-order valence-electron chi connectivity index (χ2n) is 6.37. The van der Waals surface area contributed by atoms with Gasteiger partial charge in [0.2, 0.25) is 11.6 Å².